The van der Waals surface area contributed by atoms with Gasteiger partial charge in [-0.1, -0.05) is 0 Å². The Morgan fingerprint density at radius 1 is 1.19 bits per heavy atom. The van der Waals surface area contributed by atoms with Crippen molar-refractivity contribution in [1.29, 1.82) is 0 Å². The van der Waals surface area contributed by atoms with Crippen LogP contribution in [-0.2, 0) is 4.79 Å². The molecule has 1 aliphatic rings. The van der Waals surface area contributed by atoms with Gasteiger partial charge in [0.2, 0.25) is 5.91 Å². The summed E-state index contributed by atoms with van der Waals surface area (Å²) in [5, 5.41) is 4.87. The van der Waals surface area contributed by atoms with Gasteiger partial charge in [-0.2, -0.15) is 13.2 Å². The van der Waals surface area contributed by atoms with E-state index in [-0.39, 0.29) is 25.1 Å². The zero-order valence-electron chi connectivity index (χ0n) is 10.8. The Balaban J connectivity index is 1.92. The summed E-state index contributed by atoms with van der Waals surface area (Å²) in [7, 11) is 0. The Morgan fingerprint density at radius 2 is 1.90 bits per heavy atom. The fraction of sp³-hybridized carbons (Fsp3) is 0.462. The average molecular weight is 308 g/mol. The molecule has 2 rings (SSSR count). The molecule has 21 heavy (non-hydrogen) atoms. The van der Waals surface area contributed by atoms with Gasteiger partial charge in [0.05, 0.1) is 12.0 Å². The van der Waals surface area contributed by atoms with Crippen LogP contribution in [0.4, 0.5) is 27.6 Å². The lowest BCUT2D eigenvalue weighted by Gasteiger charge is -2.30. The lowest BCUT2D eigenvalue weighted by Crippen LogP contribution is -2.49. The number of hydrogen-bond donors (Lipinski definition) is 2. The average Bonchev–Trinajstić information content (AvgIpc) is 2.42. The van der Waals surface area contributed by atoms with E-state index < -0.39 is 35.7 Å². The van der Waals surface area contributed by atoms with Crippen LogP contribution in [0, 0.1) is 17.6 Å². The molecule has 116 valence electrons. The van der Waals surface area contributed by atoms with E-state index in [1.54, 1.807) is 0 Å². The maximum atomic E-state index is 13.0. The minimum absolute atomic E-state index is 0.0275. The molecule has 1 fully saturated rings. The quantitative estimate of drug-likeness (QED) is 0.825. The summed E-state index contributed by atoms with van der Waals surface area (Å²) in [4.78, 5) is 11.8. The van der Waals surface area contributed by atoms with Gasteiger partial charge in [0.1, 0.15) is 0 Å². The van der Waals surface area contributed by atoms with Crippen molar-refractivity contribution < 1.29 is 26.7 Å². The Labute approximate surface area is 117 Å². The van der Waals surface area contributed by atoms with Crippen LogP contribution in [0.1, 0.15) is 12.8 Å². The van der Waals surface area contributed by atoms with Crippen molar-refractivity contribution in [2.24, 2.45) is 5.92 Å². The molecule has 8 heteroatoms. The monoisotopic (exact) mass is 308 g/mol. The molecule has 1 amide bonds. The Kier molecular flexibility index (Phi) is 4.46. The highest BCUT2D eigenvalue weighted by Gasteiger charge is 2.42. The van der Waals surface area contributed by atoms with Gasteiger partial charge in [0.25, 0.3) is 0 Å². The number of carbonyl (C=O) groups excluding carboxylic acids is 1. The number of carbonyl (C=O) groups is 1. The van der Waals surface area contributed by atoms with E-state index in [0.29, 0.717) is 0 Å². The molecule has 1 heterocycles. The standard InChI is InChI=1S/C13H13F5N2O/c14-9-3-2-8(5-10(9)15)20-12(21)11-4-1-7(6-19-11)13(16,17)18/h2-3,5,7,11,19H,1,4,6H2,(H,20,21). The van der Waals surface area contributed by atoms with Crippen LogP contribution in [0.25, 0.3) is 0 Å². The minimum atomic E-state index is -4.28. The summed E-state index contributed by atoms with van der Waals surface area (Å²) >= 11 is 0. The molecule has 1 aromatic rings. The molecule has 1 saturated heterocycles. The topological polar surface area (TPSA) is 41.1 Å². The van der Waals surface area contributed by atoms with Gasteiger partial charge in [-0.3, -0.25) is 4.79 Å². The molecule has 2 atom stereocenters. The lowest BCUT2D eigenvalue weighted by atomic mass is 9.94. The lowest BCUT2D eigenvalue weighted by molar-refractivity contribution is -0.180. The largest absolute Gasteiger partial charge is 0.393 e. The van der Waals surface area contributed by atoms with Crippen LogP contribution in [0.5, 0.6) is 0 Å². The number of piperidine rings is 1. The minimum Gasteiger partial charge on any atom is -0.325 e. The molecule has 2 N–H and O–H groups in total. The van der Waals surface area contributed by atoms with E-state index in [9.17, 15) is 26.7 Å². The van der Waals surface area contributed by atoms with Crippen molar-refractivity contribution in [3.63, 3.8) is 0 Å². The SMILES string of the molecule is O=C(Nc1ccc(F)c(F)c1)C1CCC(C(F)(F)F)CN1. The van der Waals surface area contributed by atoms with E-state index in [1.807, 2.05) is 0 Å². The van der Waals surface area contributed by atoms with Gasteiger partial charge in [-0.05, 0) is 25.0 Å². The van der Waals surface area contributed by atoms with Crippen molar-refractivity contribution in [2.75, 3.05) is 11.9 Å². The molecule has 0 saturated carbocycles. The third-order valence-electron chi connectivity index (χ3n) is 3.38. The highest BCUT2D eigenvalue weighted by molar-refractivity contribution is 5.94. The van der Waals surface area contributed by atoms with Crippen LogP contribution < -0.4 is 10.6 Å². The Bertz CT molecular complexity index is 524. The van der Waals surface area contributed by atoms with Gasteiger partial charge < -0.3 is 10.6 Å². The normalized spacial score (nSPS) is 22.9. The number of halogens is 5. The fourth-order valence-corrected chi connectivity index (χ4v) is 2.16. The van der Waals surface area contributed by atoms with E-state index in [2.05, 4.69) is 10.6 Å². The predicted octanol–water partition coefficient (Wildman–Crippen LogP) is 2.83. The number of benzene rings is 1. The van der Waals surface area contributed by atoms with Crippen molar-refractivity contribution >= 4 is 11.6 Å². The second-order valence-electron chi connectivity index (χ2n) is 4.89. The van der Waals surface area contributed by atoms with Crippen LogP contribution >= 0.6 is 0 Å². The van der Waals surface area contributed by atoms with Crippen LogP contribution in [0.3, 0.4) is 0 Å². The molecule has 0 bridgehead atoms. The van der Waals surface area contributed by atoms with Crippen LogP contribution in [-0.4, -0.2) is 24.7 Å². The summed E-state index contributed by atoms with van der Waals surface area (Å²) < 4.78 is 63.2. The van der Waals surface area contributed by atoms with Gasteiger partial charge in [-0.25, -0.2) is 8.78 Å². The molecule has 2 unspecified atom stereocenters. The highest BCUT2D eigenvalue weighted by atomic mass is 19.4. The highest BCUT2D eigenvalue weighted by Crippen LogP contribution is 2.32. The maximum Gasteiger partial charge on any atom is 0.393 e. The first-order chi connectivity index (χ1) is 9.77. The second-order valence-corrected chi connectivity index (χ2v) is 4.89. The number of nitrogens with one attached hydrogen (secondary N) is 2. The zero-order valence-corrected chi connectivity index (χ0v) is 10.8. The molecule has 1 aromatic carbocycles. The van der Waals surface area contributed by atoms with E-state index in [4.69, 9.17) is 0 Å². The molecule has 0 aromatic heterocycles. The molecule has 0 aliphatic carbocycles. The smallest absolute Gasteiger partial charge is 0.325 e. The van der Waals surface area contributed by atoms with E-state index >= 15 is 0 Å². The number of anilines is 1. The zero-order chi connectivity index (χ0) is 15.6. The van der Waals surface area contributed by atoms with E-state index in [0.717, 1.165) is 12.1 Å². The Hall–Kier alpha value is -1.70. The molecule has 0 radical (unpaired) electrons. The summed E-state index contributed by atoms with van der Waals surface area (Å²) in [5.74, 6) is -4.19. The van der Waals surface area contributed by atoms with Crippen molar-refractivity contribution in [3.8, 4) is 0 Å². The van der Waals surface area contributed by atoms with Crippen LogP contribution in [0.2, 0.25) is 0 Å². The Morgan fingerprint density at radius 3 is 2.43 bits per heavy atom. The molecular weight excluding hydrogens is 295 g/mol. The first kappa shape index (κ1) is 15.7. The fourth-order valence-electron chi connectivity index (χ4n) is 2.16. The predicted molar refractivity (Wildman–Crippen MR) is 65.6 cm³/mol. The molecule has 0 spiro atoms. The third-order valence-corrected chi connectivity index (χ3v) is 3.38. The number of amides is 1. The van der Waals surface area contributed by atoms with Crippen molar-refractivity contribution in [2.45, 2.75) is 25.1 Å². The molecule has 3 nitrogen and oxygen atoms in total. The third kappa shape index (κ3) is 3.90. The van der Waals surface area contributed by atoms with Gasteiger partial charge in [0, 0.05) is 18.3 Å². The number of hydrogen-bond acceptors (Lipinski definition) is 2. The number of rotatable bonds is 2. The summed E-state index contributed by atoms with van der Waals surface area (Å²) in [5.41, 5.74) is 0.0543. The first-order valence-electron chi connectivity index (χ1n) is 6.33. The van der Waals surface area contributed by atoms with Gasteiger partial charge in [0.15, 0.2) is 11.6 Å². The van der Waals surface area contributed by atoms with Gasteiger partial charge >= 0.3 is 6.18 Å². The first-order valence-corrected chi connectivity index (χ1v) is 6.33. The van der Waals surface area contributed by atoms with Crippen molar-refractivity contribution in [1.82, 2.24) is 5.32 Å². The summed E-state index contributed by atoms with van der Waals surface area (Å²) in [6, 6.07) is 2.07. The van der Waals surface area contributed by atoms with Gasteiger partial charge in [-0.15, -0.1) is 0 Å². The number of alkyl halides is 3. The molecule has 1 aliphatic heterocycles. The second kappa shape index (κ2) is 5.97. The van der Waals surface area contributed by atoms with Crippen molar-refractivity contribution in [3.05, 3.63) is 29.8 Å². The summed E-state index contributed by atoms with van der Waals surface area (Å²) in [6.07, 6.45) is -4.40. The van der Waals surface area contributed by atoms with Crippen LogP contribution in [0.15, 0.2) is 18.2 Å². The maximum absolute atomic E-state index is 13.0. The summed E-state index contributed by atoms with van der Waals surface area (Å²) in [6.45, 7) is -0.334. The van der Waals surface area contributed by atoms with E-state index in [1.165, 1.54) is 6.07 Å². The molecular formula is C13H13F5N2O.